The minimum atomic E-state index is -0.419. The van der Waals surface area contributed by atoms with Gasteiger partial charge in [0.15, 0.2) is 11.5 Å². The van der Waals surface area contributed by atoms with Crippen LogP contribution in [0.3, 0.4) is 0 Å². The average Bonchev–Trinajstić information content (AvgIpc) is 3.16. The lowest BCUT2D eigenvalue weighted by Crippen LogP contribution is -2.14. The van der Waals surface area contributed by atoms with Crippen molar-refractivity contribution < 1.29 is 23.8 Å². The molecule has 7 nitrogen and oxygen atoms in total. The molecular formula is C19H22N2O5. The molecule has 26 heavy (non-hydrogen) atoms. The minimum Gasteiger partial charge on any atom is -0.461 e. The number of hydrogen-bond donors (Lipinski definition) is 1. The predicted molar refractivity (Wildman–Crippen MR) is 96.1 cm³/mol. The van der Waals surface area contributed by atoms with Crippen molar-refractivity contribution in [2.45, 2.75) is 34.2 Å². The summed E-state index contributed by atoms with van der Waals surface area (Å²) in [5.74, 6) is 0.542. The number of esters is 1. The fourth-order valence-electron chi connectivity index (χ4n) is 3.26. The molecule has 1 aromatic carbocycles. The van der Waals surface area contributed by atoms with E-state index in [1.54, 1.807) is 32.0 Å². The van der Waals surface area contributed by atoms with Crippen molar-refractivity contribution in [1.82, 2.24) is 4.57 Å². The number of fused-ring (bicyclic) bond motifs is 1. The van der Waals surface area contributed by atoms with E-state index in [1.165, 1.54) is 0 Å². The van der Waals surface area contributed by atoms with Crippen molar-refractivity contribution >= 4 is 17.6 Å². The molecule has 1 amide bonds. The van der Waals surface area contributed by atoms with Crippen molar-refractivity contribution in [2.24, 2.45) is 0 Å². The topological polar surface area (TPSA) is 78.8 Å². The van der Waals surface area contributed by atoms with Crippen LogP contribution in [0.2, 0.25) is 0 Å². The van der Waals surface area contributed by atoms with Crippen LogP contribution in [0.5, 0.6) is 11.5 Å². The Morgan fingerprint density at radius 3 is 2.62 bits per heavy atom. The molecule has 0 spiro atoms. The van der Waals surface area contributed by atoms with Crippen LogP contribution in [0.4, 0.5) is 5.69 Å². The summed E-state index contributed by atoms with van der Waals surface area (Å²) in [4.78, 5) is 25.2. The van der Waals surface area contributed by atoms with E-state index in [2.05, 4.69) is 5.32 Å². The van der Waals surface area contributed by atoms with Gasteiger partial charge in [-0.1, -0.05) is 0 Å². The van der Waals surface area contributed by atoms with Crippen molar-refractivity contribution in [2.75, 3.05) is 18.7 Å². The van der Waals surface area contributed by atoms with Crippen LogP contribution in [-0.4, -0.2) is 29.8 Å². The highest BCUT2D eigenvalue weighted by Crippen LogP contribution is 2.34. The van der Waals surface area contributed by atoms with E-state index in [0.29, 0.717) is 40.6 Å². The van der Waals surface area contributed by atoms with Gasteiger partial charge < -0.3 is 24.1 Å². The molecule has 2 heterocycles. The number of anilines is 1. The zero-order chi connectivity index (χ0) is 18.8. The predicted octanol–water partition coefficient (Wildman–Crippen LogP) is 3.28. The van der Waals surface area contributed by atoms with Crippen LogP contribution in [0.25, 0.3) is 0 Å². The van der Waals surface area contributed by atoms with Gasteiger partial charge in [0.2, 0.25) is 6.79 Å². The van der Waals surface area contributed by atoms with Gasteiger partial charge in [0.1, 0.15) is 5.69 Å². The maximum absolute atomic E-state index is 12.9. The van der Waals surface area contributed by atoms with Crippen LogP contribution in [0, 0.1) is 13.8 Å². The molecule has 0 aliphatic carbocycles. The molecule has 1 aliphatic rings. The van der Waals surface area contributed by atoms with E-state index in [9.17, 15) is 9.59 Å². The van der Waals surface area contributed by atoms with Crippen LogP contribution in [0.1, 0.15) is 46.0 Å². The van der Waals surface area contributed by atoms with E-state index in [0.717, 1.165) is 5.69 Å². The number of benzene rings is 1. The number of ether oxygens (including phenoxy) is 3. The summed E-state index contributed by atoms with van der Waals surface area (Å²) in [6, 6.07) is 5.21. The Hall–Kier alpha value is -2.96. The number of hydrogen-bond acceptors (Lipinski definition) is 5. The first-order valence-corrected chi connectivity index (χ1v) is 8.55. The highest BCUT2D eigenvalue weighted by Gasteiger charge is 2.27. The zero-order valence-electron chi connectivity index (χ0n) is 15.3. The lowest BCUT2D eigenvalue weighted by Gasteiger charge is -2.08. The van der Waals surface area contributed by atoms with Gasteiger partial charge in [-0.3, -0.25) is 4.79 Å². The Bertz CT molecular complexity index is 869. The Labute approximate surface area is 151 Å². The zero-order valence-corrected chi connectivity index (χ0v) is 15.3. The molecule has 138 valence electrons. The molecular weight excluding hydrogens is 336 g/mol. The molecule has 3 rings (SSSR count). The summed E-state index contributed by atoms with van der Waals surface area (Å²) >= 11 is 0. The third-order valence-electron chi connectivity index (χ3n) is 4.41. The van der Waals surface area contributed by atoms with E-state index in [1.807, 2.05) is 18.4 Å². The smallest absolute Gasteiger partial charge is 0.355 e. The molecule has 0 unspecified atom stereocenters. The lowest BCUT2D eigenvalue weighted by atomic mass is 10.1. The molecule has 1 aliphatic heterocycles. The van der Waals surface area contributed by atoms with Crippen LogP contribution >= 0.6 is 0 Å². The van der Waals surface area contributed by atoms with Crippen molar-refractivity contribution in [3.63, 3.8) is 0 Å². The molecule has 0 saturated heterocycles. The van der Waals surface area contributed by atoms with Crippen molar-refractivity contribution in [3.8, 4) is 11.5 Å². The van der Waals surface area contributed by atoms with E-state index in [-0.39, 0.29) is 19.3 Å². The first-order chi connectivity index (χ1) is 12.5. The summed E-state index contributed by atoms with van der Waals surface area (Å²) in [7, 11) is 0. The van der Waals surface area contributed by atoms with Gasteiger partial charge in [-0.15, -0.1) is 0 Å². The quantitative estimate of drug-likeness (QED) is 0.830. The largest absolute Gasteiger partial charge is 0.461 e. The molecule has 0 atom stereocenters. The standard InChI is InChI=1S/C19H22N2O5/c1-5-21-12(4)16(11(3)17(21)19(23)24-6-2)18(22)20-13-7-8-14-15(9-13)26-10-25-14/h7-9H,5-6,10H2,1-4H3,(H,20,22). The van der Waals surface area contributed by atoms with Gasteiger partial charge in [0.25, 0.3) is 5.91 Å². The number of nitrogens with zero attached hydrogens (tertiary/aromatic N) is 1. The second-order valence-corrected chi connectivity index (χ2v) is 5.92. The second-order valence-electron chi connectivity index (χ2n) is 5.92. The normalized spacial score (nSPS) is 12.2. The molecule has 0 radical (unpaired) electrons. The average molecular weight is 358 g/mol. The van der Waals surface area contributed by atoms with Gasteiger partial charge >= 0.3 is 5.97 Å². The number of aromatic nitrogens is 1. The van der Waals surface area contributed by atoms with E-state index < -0.39 is 5.97 Å². The molecule has 7 heteroatoms. The van der Waals surface area contributed by atoms with Gasteiger partial charge in [-0.25, -0.2) is 4.79 Å². The highest BCUT2D eigenvalue weighted by atomic mass is 16.7. The molecule has 1 aromatic heterocycles. The minimum absolute atomic E-state index is 0.174. The third kappa shape index (κ3) is 3.00. The van der Waals surface area contributed by atoms with Gasteiger partial charge in [-0.05, 0) is 45.4 Å². The number of rotatable bonds is 5. The Morgan fingerprint density at radius 2 is 1.92 bits per heavy atom. The Balaban J connectivity index is 1.93. The van der Waals surface area contributed by atoms with Gasteiger partial charge in [-0.2, -0.15) is 0 Å². The van der Waals surface area contributed by atoms with Crippen molar-refractivity contribution in [1.29, 1.82) is 0 Å². The molecule has 0 fully saturated rings. The monoisotopic (exact) mass is 358 g/mol. The first kappa shape index (κ1) is 17.8. The van der Waals surface area contributed by atoms with Crippen LogP contribution in [0.15, 0.2) is 18.2 Å². The number of amides is 1. The van der Waals surface area contributed by atoms with Gasteiger partial charge in [0, 0.05) is 24.0 Å². The SMILES string of the molecule is CCOC(=O)c1c(C)c(C(=O)Nc2ccc3c(c2)OCO3)c(C)n1CC. The van der Waals surface area contributed by atoms with Gasteiger partial charge in [0.05, 0.1) is 12.2 Å². The highest BCUT2D eigenvalue weighted by molar-refractivity contribution is 6.08. The Morgan fingerprint density at radius 1 is 1.19 bits per heavy atom. The second kappa shape index (κ2) is 7.11. The maximum Gasteiger partial charge on any atom is 0.355 e. The Kier molecular flexibility index (Phi) is 4.88. The number of nitrogens with one attached hydrogen (secondary N) is 1. The summed E-state index contributed by atoms with van der Waals surface area (Å²) in [6.07, 6.45) is 0. The summed E-state index contributed by atoms with van der Waals surface area (Å²) < 4.78 is 17.6. The molecule has 0 saturated carbocycles. The van der Waals surface area contributed by atoms with Crippen LogP contribution in [-0.2, 0) is 11.3 Å². The van der Waals surface area contributed by atoms with Crippen LogP contribution < -0.4 is 14.8 Å². The van der Waals surface area contributed by atoms with Crippen molar-refractivity contribution in [3.05, 3.63) is 40.7 Å². The van der Waals surface area contributed by atoms with E-state index in [4.69, 9.17) is 14.2 Å². The van der Waals surface area contributed by atoms with E-state index >= 15 is 0 Å². The third-order valence-corrected chi connectivity index (χ3v) is 4.41. The number of carbonyl (C=O) groups excluding carboxylic acids is 2. The maximum atomic E-state index is 12.9. The fourth-order valence-corrected chi connectivity index (χ4v) is 3.26. The summed E-state index contributed by atoms with van der Waals surface area (Å²) in [6.45, 7) is 8.30. The molecule has 0 bridgehead atoms. The number of carbonyl (C=O) groups is 2. The first-order valence-electron chi connectivity index (χ1n) is 8.55. The lowest BCUT2D eigenvalue weighted by molar-refractivity contribution is 0.0512. The molecule has 2 aromatic rings. The summed E-state index contributed by atoms with van der Waals surface area (Å²) in [5.41, 5.74) is 2.84. The molecule has 1 N–H and O–H groups in total. The fraction of sp³-hybridized carbons (Fsp3) is 0.368. The summed E-state index contributed by atoms with van der Waals surface area (Å²) in [5, 5.41) is 2.87.